The van der Waals surface area contributed by atoms with E-state index in [1.165, 1.54) is 18.2 Å². The number of benzene rings is 2. The van der Waals surface area contributed by atoms with Crippen LogP contribution in [0.5, 0.6) is 17.2 Å². The van der Waals surface area contributed by atoms with Crippen LogP contribution in [0.25, 0.3) is 0 Å². The van der Waals surface area contributed by atoms with E-state index in [-0.39, 0.29) is 47.6 Å². The summed E-state index contributed by atoms with van der Waals surface area (Å²) in [6.45, 7) is 3.32. The molecule has 1 aliphatic heterocycles. The fourth-order valence-corrected chi connectivity index (χ4v) is 6.10. The van der Waals surface area contributed by atoms with Crippen LogP contribution >= 0.6 is 0 Å². The first kappa shape index (κ1) is 27.5. The summed E-state index contributed by atoms with van der Waals surface area (Å²) in [5.41, 5.74) is -3.79. The molecule has 0 saturated carbocycles. The van der Waals surface area contributed by atoms with Gasteiger partial charge in [-0.05, 0) is 33.5 Å². The van der Waals surface area contributed by atoms with Crippen LogP contribution in [-0.4, -0.2) is 91.3 Å². The van der Waals surface area contributed by atoms with E-state index in [0.717, 1.165) is 0 Å². The molecule has 210 valence electrons. The molecule has 3 aliphatic rings. The first-order chi connectivity index (χ1) is 18.3. The van der Waals surface area contributed by atoms with Gasteiger partial charge in [-0.1, -0.05) is 19.1 Å². The van der Waals surface area contributed by atoms with Crippen LogP contribution in [0.3, 0.4) is 0 Å². The second kappa shape index (κ2) is 9.54. The molecule has 0 amide bonds. The van der Waals surface area contributed by atoms with Crippen LogP contribution in [0.2, 0.25) is 0 Å². The molecule has 1 fully saturated rings. The standard InChI is InChI=1S/C28H33NO10/c1-5-28(37)10-15(39-16-9-13(29(3)4)22(31)11(2)38-16)18-21(27(28)36)26(35)19-20(25(18)34)24(33)17-12(23(19)32)7-6-8-14(17)30/h6-8,11,13,15-16,22,27,30-31,34-37H,5,9-10H2,1-4H3/t11?,13?,15-,16?,22?,27+,28+/m0/s1. The number of likely N-dealkylation sites (N-methyl/N-ethyl adjacent to an activating group) is 1. The van der Waals surface area contributed by atoms with E-state index in [9.17, 15) is 40.2 Å². The van der Waals surface area contributed by atoms with E-state index in [4.69, 9.17) is 9.47 Å². The Morgan fingerprint density at radius 2 is 1.67 bits per heavy atom. The molecule has 39 heavy (non-hydrogen) atoms. The first-order valence-corrected chi connectivity index (χ1v) is 12.9. The maximum Gasteiger partial charge on any atom is 0.202 e. The average molecular weight is 544 g/mol. The number of carbonyl (C=O) groups is 2. The smallest absolute Gasteiger partial charge is 0.202 e. The molecule has 0 radical (unpaired) electrons. The highest BCUT2D eigenvalue weighted by Crippen LogP contribution is 2.56. The zero-order chi connectivity index (χ0) is 28.5. The largest absolute Gasteiger partial charge is 0.507 e. The number of aromatic hydroxyl groups is 3. The van der Waals surface area contributed by atoms with E-state index in [1.807, 2.05) is 4.90 Å². The molecule has 2 aliphatic carbocycles. The van der Waals surface area contributed by atoms with Gasteiger partial charge < -0.3 is 45.0 Å². The fraction of sp³-hybridized carbons (Fsp3) is 0.500. The van der Waals surface area contributed by atoms with E-state index in [0.29, 0.717) is 0 Å². The molecule has 6 N–H and O–H groups in total. The molecule has 11 nitrogen and oxygen atoms in total. The Labute approximate surface area is 224 Å². The van der Waals surface area contributed by atoms with Crippen LogP contribution in [0, 0.1) is 0 Å². The zero-order valence-electron chi connectivity index (χ0n) is 22.1. The second-order valence-electron chi connectivity index (χ2n) is 10.8. The molecular weight excluding hydrogens is 510 g/mol. The molecule has 5 rings (SSSR count). The van der Waals surface area contributed by atoms with E-state index >= 15 is 0 Å². The predicted molar refractivity (Wildman–Crippen MR) is 136 cm³/mol. The van der Waals surface area contributed by atoms with Gasteiger partial charge in [-0.25, -0.2) is 0 Å². The van der Waals surface area contributed by atoms with Crippen molar-refractivity contribution in [3.8, 4) is 17.2 Å². The third kappa shape index (κ3) is 4.03. The number of nitrogens with zero attached hydrogens (tertiary/aromatic N) is 1. The van der Waals surface area contributed by atoms with Gasteiger partial charge >= 0.3 is 0 Å². The number of hydrogen-bond acceptors (Lipinski definition) is 11. The molecule has 0 aromatic heterocycles. The molecule has 0 spiro atoms. The number of phenolic OH excluding ortho intramolecular Hbond substituents is 3. The van der Waals surface area contributed by atoms with E-state index in [1.54, 1.807) is 27.9 Å². The van der Waals surface area contributed by atoms with Gasteiger partial charge in [0.15, 0.2) is 12.1 Å². The number of fused-ring (bicyclic) bond motifs is 3. The lowest BCUT2D eigenvalue weighted by Crippen LogP contribution is -2.54. The van der Waals surface area contributed by atoms with Gasteiger partial charge in [0, 0.05) is 35.6 Å². The van der Waals surface area contributed by atoms with Crippen LogP contribution in [0.15, 0.2) is 18.2 Å². The lowest BCUT2D eigenvalue weighted by molar-refractivity contribution is -0.261. The SMILES string of the molecule is CC[C@@]1(O)C[C@H](OC2CC(N(C)C)C(O)C(C)O2)c2c(O)c3c(c(O)c2[C@H]1O)C(=O)c1cccc(O)c1C3=O. The summed E-state index contributed by atoms with van der Waals surface area (Å²) in [6.07, 6.45) is -5.17. The monoisotopic (exact) mass is 543 g/mol. The van der Waals surface area contributed by atoms with Crippen molar-refractivity contribution in [2.75, 3.05) is 14.1 Å². The van der Waals surface area contributed by atoms with Crippen LogP contribution in [0.4, 0.5) is 0 Å². The van der Waals surface area contributed by atoms with E-state index < -0.39 is 76.2 Å². The summed E-state index contributed by atoms with van der Waals surface area (Å²) in [5.74, 6) is -3.61. The Morgan fingerprint density at radius 3 is 2.31 bits per heavy atom. The minimum Gasteiger partial charge on any atom is -0.507 e. The number of aliphatic hydroxyl groups excluding tert-OH is 2. The Hall–Kier alpha value is -3.06. The topological polar surface area (TPSA) is 177 Å². The second-order valence-corrected chi connectivity index (χ2v) is 10.8. The number of hydrogen-bond donors (Lipinski definition) is 6. The molecule has 1 saturated heterocycles. The molecule has 11 heteroatoms. The minimum atomic E-state index is -1.81. The Kier molecular flexibility index (Phi) is 6.73. The van der Waals surface area contributed by atoms with Crippen LogP contribution in [-0.2, 0) is 9.47 Å². The van der Waals surface area contributed by atoms with Gasteiger partial charge in [0.05, 0.1) is 40.6 Å². The molecule has 1 heterocycles. The number of ether oxygens (including phenoxy) is 2. The van der Waals surface area contributed by atoms with Gasteiger partial charge in [-0.3, -0.25) is 9.59 Å². The highest BCUT2D eigenvalue weighted by molar-refractivity contribution is 6.31. The third-order valence-electron chi connectivity index (χ3n) is 8.40. The summed E-state index contributed by atoms with van der Waals surface area (Å²) in [4.78, 5) is 28.7. The van der Waals surface area contributed by atoms with E-state index in [2.05, 4.69) is 0 Å². The van der Waals surface area contributed by atoms with Gasteiger partial charge in [0.2, 0.25) is 5.78 Å². The Morgan fingerprint density at radius 1 is 1.03 bits per heavy atom. The van der Waals surface area contributed by atoms with Crippen molar-refractivity contribution >= 4 is 11.6 Å². The number of ketones is 2. The summed E-state index contributed by atoms with van der Waals surface area (Å²) in [7, 11) is 3.61. The van der Waals surface area contributed by atoms with Gasteiger partial charge in [-0.2, -0.15) is 0 Å². The summed E-state index contributed by atoms with van der Waals surface area (Å²) >= 11 is 0. The van der Waals surface area contributed by atoms with Crippen molar-refractivity contribution < 1.29 is 49.7 Å². The Balaban J connectivity index is 1.67. The molecular formula is C28H33NO10. The zero-order valence-corrected chi connectivity index (χ0v) is 22.1. The fourth-order valence-electron chi connectivity index (χ4n) is 6.10. The van der Waals surface area contributed by atoms with Gasteiger partial charge in [-0.15, -0.1) is 0 Å². The Bertz CT molecular complexity index is 1360. The molecule has 4 unspecified atom stereocenters. The quantitative estimate of drug-likeness (QED) is 0.264. The molecule has 2 aromatic carbocycles. The van der Waals surface area contributed by atoms with Gasteiger partial charge in [0.1, 0.15) is 23.4 Å². The average Bonchev–Trinajstić information content (AvgIpc) is 2.88. The van der Waals surface area contributed by atoms with Crippen LogP contribution in [0.1, 0.15) is 88.3 Å². The van der Waals surface area contributed by atoms with Crippen molar-refractivity contribution in [3.63, 3.8) is 0 Å². The summed E-state index contributed by atoms with van der Waals surface area (Å²) < 4.78 is 12.1. The summed E-state index contributed by atoms with van der Waals surface area (Å²) in [5, 5.41) is 66.3. The number of rotatable bonds is 4. The number of aliphatic hydroxyl groups is 3. The lowest BCUT2D eigenvalue weighted by atomic mass is 9.70. The lowest BCUT2D eigenvalue weighted by Gasteiger charge is -2.45. The highest BCUT2D eigenvalue weighted by atomic mass is 16.7. The van der Waals surface area contributed by atoms with Crippen molar-refractivity contribution in [2.24, 2.45) is 0 Å². The van der Waals surface area contributed by atoms with Crippen LogP contribution < -0.4 is 0 Å². The maximum atomic E-state index is 13.5. The molecule has 2 aromatic rings. The third-order valence-corrected chi connectivity index (χ3v) is 8.40. The number of phenols is 3. The normalized spacial score (nSPS) is 32.1. The number of carbonyl (C=O) groups excluding carboxylic acids is 2. The van der Waals surface area contributed by atoms with Crippen molar-refractivity contribution in [2.45, 2.75) is 75.5 Å². The van der Waals surface area contributed by atoms with Crippen molar-refractivity contribution in [1.29, 1.82) is 0 Å². The van der Waals surface area contributed by atoms with Gasteiger partial charge in [0.25, 0.3) is 0 Å². The molecule has 7 atom stereocenters. The molecule has 0 bridgehead atoms. The van der Waals surface area contributed by atoms with Crippen molar-refractivity contribution in [1.82, 2.24) is 4.90 Å². The predicted octanol–water partition coefficient (Wildman–Crippen LogP) is 1.64. The summed E-state index contributed by atoms with van der Waals surface area (Å²) in [6, 6.07) is 3.59. The van der Waals surface area contributed by atoms with Crippen molar-refractivity contribution in [3.05, 3.63) is 51.6 Å². The maximum absolute atomic E-state index is 13.5. The highest BCUT2D eigenvalue weighted by Gasteiger charge is 2.51. The minimum absolute atomic E-state index is 0.0370. The first-order valence-electron chi connectivity index (χ1n) is 12.9.